The Morgan fingerprint density at radius 1 is 1.41 bits per heavy atom. The van der Waals surface area contributed by atoms with Crippen LogP contribution >= 0.6 is 11.6 Å². The molecule has 0 saturated heterocycles. The number of rotatable bonds is 4. The molecule has 4 heteroatoms. The molecule has 94 valence electrons. The number of hydrogen-bond acceptors (Lipinski definition) is 3. The molecule has 0 radical (unpaired) electrons. The van der Waals surface area contributed by atoms with Crippen molar-refractivity contribution in [1.29, 1.82) is 0 Å². The Morgan fingerprint density at radius 2 is 2.29 bits per heavy atom. The molecule has 0 amide bonds. The summed E-state index contributed by atoms with van der Waals surface area (Å²) >= 11 is 5.78. The molecule has 2 unspecified atom stereocenters. The standard InChI is InChI=1S/C13H20ClN3/c1-10-3-2-4-11(7-10)5-6-16-13-9-15-8-12(14)17-13/h8-11H,2-7H2,1H3,(H,16,17). The van der Waals surface area contributed by atoms with Gasteiger partial charge in [-0.05, 0) is 24.7 Å². The monoisotopic (exact) mass is 253 g/mol. The zero-order valence-electron chi connectivity index (χ0n) is 10.3. The van der Waals surface area contributed by atoms with Gasteiger partial charge < -0.3 is 5.32 Å². The van der Waals surface area contributed by atoms with Gasteiger partial charge in [0, 0.05) is 6.54 Å². The lowest BCUT2D eigenvalue weighted by molar-refractivity contribution is 0.274. The van der Waals surface area contributed by atoms with E-state index in [-0.39, 0.29) is 0 Å². The summed E-state index contributed by atoms with van der Waals surface area (Å²) in [6.45, 7) is 3.33. The number of nitrogens with zero attached hydrogens (tertiary/aromatic N) is 2. The van der Waals surface area contributed by atoms with Crippen LogP contribution in [0.3, 0.4) is 0 Å². The smallest absolute Gasteiger partial charge is 0.149 e. The Balaban J connectivity index is 1.72. The van der Waals surface area contributed by atoms with Gasteiger partial charge in [-0.2, -0.15) is 0 Å². The van der Waals surface area contributed by atoms with Crippen LogP contribution in [0.15, 0.2) is 12.4 Å². The van der Waals surface area contributed by atoms with Crippen LogP contribution in [-0.2, 0) is 0 Å². The summed E-state index contributed by atoms with van der Waals surface area (Å²) in [5.41, 5.74) is 0. The molecule has 1 saturated carbocycles. The highest BCUT2D eigenvalue weighted by atomic mass is 35.5. The minimum absolute atomic E-state index is 0.446. The van der Waals surface area contributed by atoms with Crippen molar-refractivity contribution in [1.82, 2.24) is 9.97 Å². The van der Waals surface area contributed by atoms with Crippen LogP contribution in [-0.4, -0.2) is 16.5 Å². The maximum Gasteiger partial charge on any atom is 0.149 e. The van der Waals surface area contributed by atoms with Crippen molar-refractivity contribution in [3.63, 3.8) is 0 Å². The van der Waals surface area contributed by atoms with Gasteiger partial charge in [0.2, 0.25) is 0 Å². The van der Waals surface area contributed by atoms with Gasteiger partial charge in [-0.25, -0.2) is 4.98 Å². The molecule has 1 aromatic heterocycles. The maximum absolute atomic E-state index is 5.78. The van der Waals surface area contributed by atoms with E-state index in [0.29, 0.717) is 5.15 Å². The molecule has 0 aromatic carbocycles. The second kappa shape index (κ2) is 6.20. The third-order valence-corrected chi connectivity index (χ3v) is 3.69. The number of nitrogens with one attached hydrogen (secondary N) is 1. The van der Waals surface area contributed by atoms with Gasteiger partial charge in [0.05, 0.1) is 12.4 Å². The van der Waals surface area contributed by atoms with Crippen molar-refractivity contribution in [2.75, 3.05) is 11.9 Å². The summed E-state index contributed by atoms with van der Waals surface area (Å²) < 4.78 is 0. The van der Waals surface area contributed by atoms with Crippen LogP contribution in [0.25, 0.3) is 0 Å². The average Bonchev–Trinajstić information content (AvgIpc) is 2.29. The van der Waals surface area contributed by atoms with E-state index in [1.54, 1.807) is 12.4 Å². The van der Waals surface area contributed by atoms with Crippen LogP contribution in [0.1, 0.15) is 39.0 Å². The minimum atomic E-state index is 0.446. The first-order chi connectivity index (χ1) is 8.24. The minimum Gasteiger partial charge on any atom is -0.369 e. The molecule has 2 atom stereocenters. The fourth-order valence-corrected chi connectivity index (χ4v) is 2.80. The average molecular weight is 254 g/mol. The summed E-state index contributed by atoms with van der Waals surface area (Å²) in [5, 5.41) is 3.74. The number of hydrogen-bond donors (Lipinski definition) is 1. The lowest BCUT2D eigenvalue weighted by atomic mass is 9.81. The maximum atomic E-state index is 5.78. The van der Waals surface area contributed by atoms with Gasteiger partial charge in [0.25, 0.3) is 0 Å². The highest BCUT2D eigenvalue weighted by Gasteiger charge is 2.18. The zero-order chi connectivity index (χ0) is 12.1. The quantitative estimate of drug-likeness (QED) is 0.888. The number of halogens is 1. The van der Waals surface area contributed by atoms with Crippen molar-refractivity contribution < 1.29 is 0 Å². The van der Waals surface area contributed by atoms with E-state index in [9.17, 15) is 0 Å². The topological polar surface area (TPSA) is 37.8 Å². The second-order valence-electron chi connectivity index (χ2n) is 5.08. The molecule has 3 nitrogen and oxygen atoms in total. The van der Waals surface area contributed by atoms with Crippen molar-refractivity contribution >= 4 is 17.4 Å². The third kappa shape index (κ3) is 4.15. The van der Waals surface area contributed by atoms with Crippen molar-refractivity contribution in [2.24, 2.45) is 11.8 Å². The first-order valence-electron chi connectivity index (χ1n) is 6.45. The highest BCUT2D eigenvalue weighted by Crippen LogP contribution is 2.30. The molecule has 2 rings (SSSR count). The van der Waals surface area contributed by atoms with E-state index < -0.39 is 0 Å². The van der Waals surface area contributed by atoms with E-state index in [0.717, 1.165) is 24.2 Å². The van der Waals surface area contributed by atoms with Gasteiger partial charge in [0.1, 0.15) is 11.0 Å². The van der Waals surface area contributed by atoms with Crippen molar-refractivity contribution in [3.05, 3.63) is 17.5 Å². The predicted molar refractivity (Wildman–Crippen MR) is 71.3 cm³/mol. The first kappa shape index (κ1) is 12.6. The fourth-order valence-electron chi connectivity index (χ4n) is 2.65. The molecule has 1 fully saturated rings. The van der Waals surface area contributed by atoms with Crippen LogP contribution in [0.2, 0.25) is 5.15 Å². The molecular formula is C13H20ClN3. The summed E-state index contributed by atoms with van der Waals surface area (Å²) in [4.78, 5) is 8.17. The molecule has 1 aliphatic carbocycles. The summed E-state index contributed by atoms with van der Waals surface area (Å²) in [7, 11) is 0. The van der Waals surface area contributed by atoms with Gasteiger partial charge in [0.15, 0.2) is 0 Å². The summed E-state index contributed by atoms with van der Waals surface area (Å²) in [6, 6.07) is 0. The van der Waals surface area contributed by atoms with Gasteiger partial charge in [-0.15, -0.1) is 0 Å². The lowest BCUT2D eigenvalue weighted by Crippen LogP contribution is -2.16. The normalized spacial score (nSPS) is 24.6. The second-order valence-corrected chi connectivity index (χ2v) is 5.47. The Bertz CT molecular complexity index is 356. The molecule has 17 heavy (non-hydrogen) atoms. The van der Waals surface area contributed by atoms with E-state index in [1.807, 2.05) is 0 Å². The van der Waals surface area contributed by atoms with Gasteiger partial charge in [-0.3, -0.25) is 4.98 Å². The van der Waals surface area contributed by atoms with Crippen molar-refractivity contribution in [2.45, 2.75) is 39.0 Å². The van der Waals surface area contributed by atoms with Crippen LogP contribution in [0, 0.1) is 11.8 Å². The summed E-state index contributed by atoms with van der Waals surface area (Å²) in [5.74, 6) is 2.56. The largest absolute Gasteiger partial charge is 0.369 e. The number of anilines is 1. The zero-order valence-corrected chi connectivity index (χ0v) is 11.1. The van der Waals surface area contributed by atoms with Crippen molar-refractivity contribution in [3.8, 4) is 0 Å². The summed E-state index contributed by atoms with van der Waals surface area (Å²) in [6.07, 6.45) is 10.0. The Hall–Kier alpha value is -0.830. The molecule has 1 aromatic rings. The van der Waals surface area contributed by atoms with Crippen LogP contribution in [0.4, 0.5) is 5.82 Å². The molecule has 1 N–H and O–H groups in total. The SMILES string of the molecule is CC1CCCC(CCNc2cncc(Cl)n2)C1. The molecule has 0 aliphatic heterocycles. The van der Waals surface area contributed by atoms with Gasteiger partial charge in [-0.1, -0.05) is 37.8 Å². The van der Waals surface area contributed by atoms with Gasteiger partial charge >= 0.3 is 0 Å². The Kier molecular flexibility index (Phi) is 4.60. The fraction of sp³-hybridized carbons (Fsp3) is 0.692. The van der Waals surface area contributed by atoms with Crippen LogP contribution < -0.4 is 5.32 Å². The molecular weight excluding hydrogens is 234 g/mol. The molecule has 0 spiro atoms. The Labute approximate surface area is 108 Å². The lowest BCUT2D eigenvalue weighted by Gasteiger charge is -2.26. The Morgan fingerprint density at radius 3 is 3.06 bits per heavy atom. The van der Waals surface area contributed by atoms with E-state index in [1.165, 1.54) is 32.1 Å². The first-order valence-corrected chi connectivity index (χ1v) is 6.83. The molecule has 1 heterocycles. The van der Waals surface area contributed by atoms with E-state index >= 15 is 0 Å². The third-order valence-electron chi connectivity index (χ3n) is 3.51. The molecule has 1 aliphatic rings. The van der Waals surface area contributed by atoms with E-state index in [4.69, 9.17) is 11.6 Å². The number of aromatic nitrogens is 2. The molecule has 0 bridgehead atoms. The van der Waals surface area contributed by atoms with E-state index in [2.05, 4.69) is 22.2 Å². The predicted octanol–water partition coefficient (Wildman–Crippen LogP) is 3.76. The highest BCUT2D eigenvalue weighted by molar-refractivity contribution is 6.29. The van der Waals surface area contributed by atoms with Crippen LogP contribution in [0.5, 0.6) is 0 Å².